The highest BCUT2D eigenvalue weighted by Gasteiger charge is 1.96. The zero-order valence-corrected chi connectivity index (χ0v) is 8.11. The van der Waals surface area contributed by atoms with Gasteiger partial charge in [-0.25, -0.2) is 9.67 Å². The average molecular weight is 201 g/mol. The van der Waals surface area contributed by atoms with Crippen LogP contribution in [0.25, 0.3) is 5.69 Å². The van der Waals surface area contributed by atoms with E-state index in [9.17, 15) is 0 Å². The fourth-order valence-electron chi connectivity index (χ4n) is 1.32. The summed E-state index contributed by atoms with van der Waals surface area (Å²) in [5.74, 6) is 0. The summed E-state index contributed by atoms with van der Waals surface area (Å²) < 4.78 is 1.70. The van der Waals surface area contributed by atoms with Crippen LogP contribution in [0.4, 0.5) is 0 Å². The van der Waals surface area contributed by atoms with Crippen molar-refractivity contribution in [1.82, 2.24) is 14.8 Å². The summed E-state index contributed by atoms with van der Waals surface area (Å²) in [5, 5.41) is 12.6. The van der Waals surface area contributed by atoms with E-state index in [0.717, 1.165) is 23.9 Å². The molecule has 0 bridgehead atoms. The normalized spacial score (nSPS) is 10.9. The van der Waals surface area contributed by atoms with Crippen molar-refractivity contribution in [1.29, 1.82) is 0 Å². The van der Waals surface area contributed by atoms with E-state index in [0.29, 0.717) is 0 Å². The van der Waals surface area contributed by atoms with Crippen molar-refractivity contribution < 1.29 is 5.11 Å². The van der Waals surface area contributed by atoms with E-state index in [1.165, 1.54) is 6.33 Å². The van der Waals surface area contributed by atoms with E-state index in [-0.39, 0.29) is 0 Å². The quantitative estimate of drug-likeness (QED) is 0.771. The van der Waals surface area contributed by atoms with Crippen LogP contribution in [0.2, 0.25) is 0 Å². The van der Waals surface area contributed by atoms with E-state index in [4.69, 9.17) is 5.11 Å². The second kappa shape index (κ2) is 4.41. The Bertz CT molecular complexity index is 431. The molecule has 4 heteroatoms. The number of allylic oxidation sites excluding steroid dienone is 1. The third kappa shape index (κ3) is 2.22. The Labute approximate surface area is 87.5 Å². The van der Waals surface area contributed by atoms with Crippen LogP contribution in [0.3, 0.4) is 0 Å². The molecule has 0 spiro atoms. The third-order valence-electron chi connectivity index (χ3n) is 2.08. The van der Waals surface area contributed by atoms with Gasteiger partial charge in [0.1, 0.15) is 12.7 Å². The van der Waals surface area contributed by atoms with Gasteiger partial charge in [0.05, 0.1) is 11.9 Å². The summed E-state index contributed by atoms with van der Waals surface area (Å²) in [4.78, 5) is 3.88. The molecule has 0 unspecified atom stereocenters. The number of benzene rings is 1. The number of nitrogens with zero attached hydrogens (tertiary/aromatic N) is 3. The van der Waals surface area contributed by atoms with Gasteiger partial charge in [-0.3, -0.25) is 0 Å². The molecule has 0 amide bonds. The molecule has 1 aromatic heterocycles. The monoisotopic (exact) mass is 201 g/mol. The van der Waals surface area contributed by atoms with E-state index in [1.807, 2.05) is 24.3 Å². The first kappa shape index (κ1) is 9.45. The minimum absolute atomic E-state index is 0.730. The van der Waals surface area contributed by atoms with Crippen LogP contribution in [0.15, 0.2) is 49.3 Å². The summed E-state index contributed by atoms with van der Waals surface area (Å²) in [6.45, 7) is 0. The van der Waals surface area contributed by atoms with Gasteiger partial charge in [0.15, 0.2) is 0 Å². The lowest BCUT2D eigenvalue weighted by molar-refractivity contribution is 0.471. The lowest BCUT2D eigenvalue weighted by Gasteiger charge is -2.01. The summed E-state index contributed by atoms with van der Waals surface area (Å²) in [5.41, 5.74) is 2.12. The summed E-state index contributed by atoms with van der Waals surface area (Å²) in [6, 6.07) is 7.93. The van der Waals surface area contributed by atoms with Crippen LogP contribution in [-0.4, -0.2) is 19.9 Å². The van der Waals surface area contributed by atoms with Crippen LogP contribution < -0.4 is 0 Å². The van der Waals surface area contributed by atoms with Gasteiger partial charge in [-0.2, -0.15) is 5.10 Å². The number of hydrogen-bond donors (Lipinski definition) is 1. The summed E-state index contributed by atoms with van der Waals surface area (Å²) in [7, 11) is 0. The number of aromatic nitrogens is 3. The molecule has 0 saturated heterocycles. The first-order valence-corrected chi connectivity index (χ1v) is 4.63. The summed E-state index contributed by atoms with van der Waals surface area (Å²) in [6.07, 6.45) is 6.65. The predicted octanol–water partition coefficient (Wildman–Crippen LogP) is 1.88. The SMILES string of the molecule is O/C=C/Cc1ccc(-n2cncn2)cc1. The molecule has 1 N–H and O–H groups in total. The molecule has 15 heavy (non-hydrogen) atoms. The molecule has 0 aliphatic heterocycles. The fourth-order valence-corrected chi connectivity index (χ4v) is 1.32. The molecule has 0 atom stereocenters. The van der Waals surface area contributed by atoms with Crippen molar-refractivity contribution in [3.05, 3.63) is 54.8 Å². The molecule has 0 aliphatic carbocycles. The van der Waals surface area contributed by atoms with Crippen LogP contribution in [0.1, 0.15) is 5.56 Å². The van der Waals surface area contributed by atoms with Crippen LogP contribution in [0, 0.1) is 0 Å². The second-order valence-electron chi connectivity index (χ2n) is 3.10. The van der Waals surface area contributed by atoms with Crippen molar-refractivity contribution in [2.24, 2.45) is 0 Å². The van der Waals surface area contributed by atoms with Gasteiger partial charge in [0, 0.05) is 0 Å². The maximum absolute atomic E-state index is 8.53. The zero-order chi connectivity index (χ0) is 10.5. The molecule has 0 fully saturated rings. The van der Waals surface area contributed by atoms with E-state index >= 15 is 0 Å². The Morgan fingerprint density at radius 3 is 2.67 bits per heavy atom. The molecule has 0 aliphatic rings. The molecule has 76 valence electrons. The second-order valence-corrected chi connectivity index (χ2v) is 3.10. The van der Waals surface area contributed by atoms with Gasteiger partial charge in [-0.1, -0.05) is 12.1 Å². The number of rotatable bonds is 3. The molecule has 1 heterocycles. The highest BCUT2D eigenvalue weighted by molar-refractivity contribution is 5.33. The first-order chi connectivity index (χ1) is 7.40. The van der Waals surface area contributed by atoms with E-state index < -0.39 is 0 Å². The molecule has 2 aromatic rings. The van der Waals surface area contributed by atoms with Gasteiger partial charge >= 0.3 is 0 Å². The molecule has 4 nitrogen and oxygen atoms in total. The van der Waals surface area contributed by atoms with E-state index in [1.54, 1.807) is 17.1 Å². The van der Waals surface area contributed by atoms with Crippen molar-refractivity contribution in [2.45, 2.75) is 6.42 Å². The van der Waals surface area contributed by atoms with Crippen molar-refractivity contribution in [3.63, 3.8) is 0 Å². The molecule has 0 radical (unpaired) electrons. The maximum Gasteiger partial charge on any atom is 0.138 e. The molecule has 0 saturated carbocycles. The van der Waals surface area contributed by atoms with Gasteiger partial charge in [0.2, 0.25) is 0 Å². The minimum Gasteiger partial charge on any atom is -0.516 e. The average Bonchev–Trinajstić information content (AvgIpc) is 2.80. The maximum atomic E-state index is 8.53. The van der Waals surface area contributed by atoms with Crippen LogP contribution >= 0.6 is 0 Å². The smallest absolute Gasteiger partial charge is 0.138 e. The first-order valence-electron chi connectivity index (χ1n) is 4.63. The van der Waals surface area contributed by atoms with Crippen molar-refractivity contribution >= 4 is 0 Å². The largest absolute Gasteiger partial charge is 0.516 e. The lowest BCUT2D eigenvalue weighted by atomic mass is 10.1. The molecular formula is C11H11N3O. The highest BCUT2D eigenvalue weighted by Crippen LogP contribution is 2.08. The van der Waals surface area contributed by atoms with Crippen LogP contribution in [0.5, 0.6) is 0 Å². The Hall–Kier alpha value is -2.10. The van der Waals surface area contributed by atoms with Gasteiger partial charge in [-0.15, -0.1) is 0 Å². The van der Waals surface area contributed by atoms with Gasteiger partial charge < -0.3 is 5.11 Å². The molecule has 2 rings (SSSR count). The zero-order valence-electron chi connectivity index (χ0n) is 8.11. The highest BCUT2D eigenvalue weighted by atomic mass is 16.2. The standard InChI is InChI=1S/C11H11N3O/c15-7-1-2-10-3-5-11(6-4-10)14-9-12-8-13-14/h1,3-9,15H,2H2/b7-1+. The van der Waals surface area contributed by atoms with Gasteiger partial charge in [0.25, 0.3) is 0 Å². The molecular weight excluding hydrogens is 190 g/mol. The summed E-state index contributed by atoms with van der Waals surface area (Å²) >= 11 is 0. The number of aliphatic hydroxyl groups is 1. The fraction of sp³-hybridized carbons (Fsp3) is 0.0909. The van der Waals surface area contributed by atoms with Crippen LogP contribution in [-0.2, 0) is 6.42 Å². The topological polar surface area (TPSA) is 50.9 Å². The molecule has 1 aromatic carbocycles. The van der Waals surface area contributed by atoms with Crippen molar-refractivity contribution in [3.8, 4) is 5.69 Å². The van der Waals surface area contributed by atoms with Crippen molar-refractivity contribution in [2.75, 3.05) is 0 Å². The van der Waals surface area contributed by atoms with E-state index in [2.05, 4.69) is 10.1 Å². The lowest BCUT2D eigenvalue weighted by Crippen LogP contribution is -1.94. The minimum atomic E-state index is 0.730. The number of hydrogen-bond acceptors (Lipinski definition) is 3. The predicted molar refractivity (Wildman–Crippen MR) is 56.8 cm³/mol. The Balaban J connectivity index is 2.17. The number of aliphatic hydroxyl groups excluding tert-OH is 1. The third-order valence-corrected chi connectivity index (χ3v) is 2.08. The Morgan fingerprint density at radius 2 is 2.07 bits per heavy atom. The Kier molecular flexibility index (Phi) is 2.78. The Morgan fingerprint density at radius 1 is 1.27 bits per heavy atom. The van der Waals surface area contributed by atoms with Gasteiger partial charge in [-0.05, 0) is 30.2 Å².